The molecule has 0 aliphatic heterocycles. The molecular formula is C13H16N2O2. The van der Waals surface area contributed by atoms with E-state index < -0.39 is 0 Å². The number of benzene rings is 1. The zero-order valence-corrected chi connectivity index (χ0v) is 10.0. The van der Waals surface area contributed by atoms with Gasteiger partial charge < -0.3 is 10.2 Å². The molecule has 1 fully saturated rings. The third-order valence-corrected chi connectivity index (χ3v) is 3.83. The Balaban J connectivity index is 2.04. The number of hydrogen-bond acceptors (Lipinski definition) is 3. The second kappa shape index (κ2) is 3.47. The highest BCUT2D eigenvalue weighted by molar-refractivity contribution is 5.73. The summed E-state index contributed by atoms with van der Waals surface area (Å²) in [6.45, 7) is 2.21. The van der Waals surface area contributed by atoms with E-state index in [0.29, 0.717) is 17.4 Å². The minimum Gasteiger partial charge on any atom is -0.408 e. The lowest BCUT2D eigenvalue weighted by Crippen LogP contribution is -2.13. The number of aryl methyl sites for hydroxylation is 1. The summed E-state index contributed by atoms with van der Waals surface area (Å²) in [7, 11) is 1.71. The normalized spacial score (nSPS) is 25.1. The Bertz CT molecular complexity index is 626. The Labute approximate surface area is 99.0 Å². The van der Waals surface area contributed by atoms with Gasteiger partial charge >= 0.3 is 5.76 Å². The van der Waals surface area contributed by atoms with Crippen LogP contribution in [0.15, 0.2) is 27.4 Å². The van der Waals surface area contributed by atoms with Gasteiger partial charge in [-0.15, -0.1) is 0 Å². The van der Waals surface area contributed by atoms with Crippen molar-refractivity contribution >= 4 is 11.1 Å². The average molecular weight is 232 g/mol. The minimum atomic E-state index is -0.328. The summed E-state index contributed by atoms with van der Waals surface area (Å²) in [5.74, 6) is 0.955. The molecule has 0 bridgehead atoms. The van der Waals surface area contributed by atoms with Crippen molar-refractivity contribution in [3.8, 4) is 0 Å². The third-order valence-electron chi connectivity index (χ3n) is 3.83. The van der Waals surface area contributed by atoms with Gasteiger partial charge in [-0.3, -0.25) is 4.57 Å². The molecule has 2 N–H and O–H groups in total. The number of fused-ring (bicyclic) bond motifs is 1. The Morgan fingerprint density at radius 3 is 2.88 bits per heavy atom. The van der Waals surface area contributed by atoms with E-state index in [2.05, 4.69) is 6.92 Å². The highest BCUT2D eigenvalue weighted by Crippen LogP contribution is 2.45. The lowest BCUT2D eigenvalue weighted by atomic mass is 10.0. The minimum absolute atomic E-state index is 0.0555. The third kappa shape index (κ3) is 1.60. The van der Waals surface area contributed by atoms with Crippen molar-refractivity contribution in [1.82, 2.24) is 4.57 Å². The van der Waals surface area contributed by atoms with Gasteiger partial charge in [-0.05, 0) is 36.0 Å². The molecule has 0 saturated heterocycles. The van der Waals surface area contributed by atoms with Crippen LogP contribution in [0, 0.1) is 11.8 Å². The molecule has 3 atom stereocenters. The monoisotopic (exact) mass is 232 g/mol. The van der Waals surface area contributed by atoms with E-state index in [9.17, 15) is 4.79 Å². The van der Waals surface area contributed by atoms with Crippen LogP contribution in [0.1, 0.15) is 24.9 Å². The van der Waals surface area contributed by atoms with Gasteiger partial charge in [0.2, 0.25) is 0 Å². The molecule has 1 aromatic carbocycles. The van der Waals surface area contributed by atoms with Crippen molar-refractivity contribution in [1.29, 1.82) is 0 Å². The predicted molar refractivity (Wildman–Crippen MR) is 65.7 cm³/mol. The molecule has 0 spiro atoms. The molecule has 0 radical (unpaired) electrons. The van der Waals surface area contributed by atoms with Gasteiger partial charge in [0.15, 0.2) is 5.58 Å². The van der Waals surface area contributed by atoms with Crippen LogP contribution in [0.2, 0.25) is 0 Å². The lowest BCUT2D eigenvalue weighted by Gasteiger charge is -2.10. The first-order valence-electron chi connectivity index (χ1n) is 5.93. The van der Waals surface area contributed by atoms with Crippen molar-refractivity contribution in [3.05, 3.63) is 34.3 Å². The Kier molecular flexibility index (Phi) is 2.16. The van der Waals surface area contributed by atoms with Crippen molar-refractivity contribution in [2.24, 2.45) is 24.6 Å². The average Bonchev–Trinajstić information content (AvgIpc) is 2.97. The van der Waals surface area contributed by atoms with E-state index in [1.165, 1.54) is 11.0 Å². The molecule has 2 aromatic rings. The van der Waals surface area contributed by atoms with Crippen LogP contribution >= 0.6 is 0 Å². The summed E-state index contributed by atoms with van der Waals surface area (Å²) in [6, 6.07) is 5.85. The van der Waals surface area contributed by atoms with E-state index in [4.69, 9.17) is 10.2 Å². The van der Waals surface area contributed by atoms with Crippen LogP contribution in [0.3, 0.4) is 0 Å². The lowest BCUT2D eigenvalue weighted by molar-refractivity contribution is 0.526. The molecular weight excluding hydrogens is 216 g/mol. The molecule has 3 rings (SSSR count). The van der Waals surface area contributed by atoms with E-state index in [1.54, 1.807) is 7.05 Å². The van der Waals surface area contributed by atoms with Gasteiger partial charge in [0.05, 0.1) is 5.52 Å². The maximum Gasteiger partial charge on any atom is 0.419 e. The summed E-state index contributed by atoms with van der Waals surface area (Å²) in [5, 5.41) is 0. The summed E-state index contributed by atoms with van der Waals surface area (Å²) in [4.78, 5) is 11.4. The number of nitrogens with zero attached hydrogens (tertiary/aromatic N) is 1. The van der Waals surface area contributed by atoms with Crippen molar-refractivity contribution in [2.45, 2.75) is 19.4 Å². The molecule has 4 heteroatoms. The van der Waals surface area contributed by atoms with E-state index in [-0.39, 0.29) is 11.8 Å². The first-order chi connectivity index (χ1) is 8.08. The zero-order valence-electron chi connectivity index (χ0n) is 10.0. The first kappa shape index (κ1) is 10.6. The fraction of sp³-hybridized carbons (Fsp3) is 0.462. The number of oxazole rings is 1. The largest absolute Gasteiger partial charge is 0.419 e. The number of aromatic nitrogens is 1. The molecule has 1 aromatic heterocycles. The molecule has 1 heterocycles. The van der Waals surface area contributed by atoms with E-state index in [1.807, 2.05) is 18.2 Å². The summed E-state index contributed by atoms with van der Waals surface area (Å²) >= 11 is 0. The van der Waals surface area contributed by atoms with Crippen molar-refractivity contribution in [2.75, 3.05) is 0 Å². The molecule has 90 valence electrons. The maximum absolute atomic E-state index is 11.4. The van der Waals surface area contributed by atoms with Gasteiger partial charge in [0.1, 0.15) is 0 Å². The molecule has 3 unspecified atom stereocenters. The Morgan fingerprint density at radius 1 is 1.53 bits per heavy atom. The second-order valence-corrected chi connectivity index (χ2v) is 5.06. The Morgan fingerprint density at radius 2 is 2.24 bits per heavy atom. The molecule has 1 aliphatic rings. The number of nitrogens with two attached hydrogens (primary N) is 1. The Hall–Kier alpha value is -1.55. The van der Waals surface area contributed by atoms with Gasteiger partial charge in [-0.2, -0.15) is 0 Å². The topological polar surface area (TPSA) is 61.2 Å². The van der Waals surface area contributed by atoms with Crippen LogP contribution in [0.25, 0.3) is 11.1 Å². The molecule has 17 heavy (non-hydrogen) atoms. The van der Waals surface area contributed by atoms with Gasteiger partial charge in [-0.25, -0.2) is 4.79 Å². The van der Waals surface area contributed by atoms with Gasteiger partial charge in [0.25, 0.3) is 0 Å². The van der Waals surface area contributed by atoms with Crippen molar-refractivity contribution < 1.29 is 4.42 Å². The van der Waals surface area contributed by atoms with Gasteiger partial charge in [0, 0.05) is 13.1 Å². The highest BCUT2D eigenvalue weighted by atomic mass is 16.4. The highest BCUT2D eigenvalue weighted by Gasteiger charge is 2.38. The van der Waals surface area contributed by atoms with Crippen LogP contribution < -0.4 is 11.5 Å². The van der Waals surface area contributed by atoms with E-state index >= 15 is 0 Å². The smallest absolute Gasteiger partial charge is 0.408 e. The molecule has 4 nitrogen and oxygen atoms in total. The molecule has 0 amide bonds. The zero-order chi connectivity index (χ0) is 12.2. The van der Waals surface area contributed by atoms with Crippen LogP contribution in [0.5, 0.6) is 0 Å². The fourth-order valence-electron chi connectivity index (χ4n) is 2.46. The number of hydrogen-bond donors (Lipinski definition) is 1. The first-order valence-corrected chi connectivity index (χ1v) is 5.93. The maximum atomic E-state index is 11.4. The van der Waals surface area contributed by atoms with Crippen LogP contribution in [0.4, 0.5) is 0 Å². The predicted octanol–water partition coefficient (Wildman–Crippen LogP) is 1.79. The summed E-state index contributed by atoms with van der Waals surface area (Å²) in [6.07, 6.45) is 1.19. The quantitative estimate of drug-likeness (QED) is 0.858. The van der Waals surface area contributed by atoms with Gasteiger partial charge in [-0.1, -0.05) is 13.0 Å². The van der Waals surface area contributed by atoms with Crippen LogP contribution in [-0.4, -0.2) is 4.57 Å². The SMILES string of the molecule is CC1CC1C(N)c1ccc2c(c1)oc(=O)n2C. The second-order valence-electron chi connectivity index (χ2n) is 5.06. The fourth-order valence-corrected chi connectivity index (χ4v) is 2.46. The molecule has 1 saturated carbocycles. The van der Waals surface area contributed by atoms with Crippen LogP contribution in [-0.2, 0) is 7.05 Å². The standard InChI is InChI=1S/C13H16N2O2/c1-7-5-9(7)12(14)8-3-4-10-11(6-8)17-13(16)15(10)2/h3-4,6-7,9,12H,5,14H2,1-2H3. The van der Waals surface area contributed by atoms with E-state index in [0.717, 1.165) is 11.1 Å². The number of rotatable bonds is 2. The summed E-state index contributed by atoms with van der Waals surface area (Å²) < 4.78 is 6.67. The summed E-state index contributed by atoms with van der Waals surface area (Å²) in [5.41, 5.74) is 8.70. The van der Waals surface area contributed by atoms with Crippen molar-refractivity contribution in [3.63, 3.8) is 0 Å². The molecule has 1 aliphatic carbocycles.